The lowest BCUT2D eigenvalue weighted by Crippen LogP contribution is -2.45. The number of nitrogens with one attached hydrogen (secondary N) is 1. The van der Waals surface area contributed by atoms with Gasteiger partial charge in [0.05, 0.1) is 25.3 Å². The third kappa shape index (κ3) is 3.90. The van der Waals surface area contributed by atoms with Gasteiger partial charge in [0.1, 0.15) is 0 Å². The summed E-state index contributed by atoms with van der Waals surface area (Å²) in [7, 11) is 0. The Kier molecular flexibility index (Phi) is 5.15. The first kappa shape index (κ1) is 14.3. The Bertz CT molecular complexity index is 473. The molecule has 102 valence electrons. The highest BCUT2D eigenvalue weighted by molar-refractivity contribution is 14.1. The fraction of sp³-hybridized carbons (Fsp3) is 0.385. The number of amides is 2. The molecule has 0 radical (unpaired) electrons. The standard InChI is InChI=1S/C13H15IN2O3/c14-11-4-2-1-3-10(11)13(18)15-9-12(17)16-5-7-19-8-6-16/h1-4H,5-9H2,(H,15,18). The fourth-order valence-electron chi connectivity index (χ4n) is 1.82. The first-order chi connectivity index (χ1) is 9.18. The van der Waals surface area contributed by atoms with Crippen molar-refractivity contribution in [2.45, 2.75) is 0 Å². The van der Waals surface area contributed by atoms with E-state index in [-0.39, 0.29) is 18.4 Å². The molecule has 6 heteroatoms. The second-order valence-corrected chi connectivity index (χ2v) is 5.32. The van der Waals surface area contributed by atoms with Crippen LogP contribution in [0.15, 0.2) is 24.3 Å². The Morgan fingerprint density at radius 1 is 1.26 bits per heavy atom. The van der Waals surface area contributed by atoms with Crippen molar-refractivity contribution in [1.29, 1.82) is 0 Å². The summed E-state index contributed by atoms with van der Waals surface area (Å²) in [5, 5.41) is 2.66. The summed E-state index contributed by atoms with van der Waals surface area (Å²) in [6.07, 6.45) is 0. The van der Waals surface area contributed by atoms with Crippen LogP contribution >= 0.6 is 22.6 Å². The predicted octanol–water partition coefficient (Wildman–Crippen LogP) is 0.880. The van der Waals surface area contributed by atoms with Crippen LogP contribution in [0.3, 0.4) is 0 Å². The van der Waals surface area contributed by atoms with E-state index in [9.17, 15) is 9.59 Å². The number of hydrogen-bond acceptors (Lipinski definition) is 3. The second kappa shape index (κ2) is 6.85. The maximum Gasteiger partial charge on any atom is 0.252 e. The van der Waals surface area contributed by atoms with Gasteiger partial charge in [0.15, 0.2) is 0 Å². The van der Waals surface area contributed by atoms with E-state index in [1.807, 2.05) is 12.1 Å². The first-order valence-corrected chi connectivity index (χ1v) is 7.14. The molecule has 0 aliphatic carbocycles. The quantitative estimate of drug-likeness (QED) is 0.800. The number of morpholine rings is 1. The minimum atomic E-state index is -0.216. The van der Waals surface area contributed by atoms with Crippen LogP contribution in [-0.2, 0) is 9.53 Å². The summed E-state index contributed by atoms with van der Waals surface area (Å²) in [6.45, 7) is 2.35. The number of nitrogens with zero attached hydrogens (tertiary/aromatic N) is 1. The number of ether oxygens (including phenoxy) is 1. The normalized spacial score (nSPS) is 15.1. The minimum Gasteiger partial charge on any atom is -0.378 e. The smallest absolute Gasteiger partial charge is 0.252 e. The predicted molar refractivity (Wildman–Crippen MR) is 78.9 cm³/mol. The van der Waals surface area contributed by atoms with Crippen LogP contribution in [0, 0.1) is 3.57 Å². The summed E-state index contributed by atoms with van der Waals surface area (Å²) < 4.78 is 6.05. The van der Waals surface area contributed by atoms with Crippen molar-refractivity contribution in [3.63, 3.8) is 0 Å². The molecule has 0 unspecified atom stereocenters. The first-order valence-electron chi connectivity index (χ1n) is 6.07. The molecule has 2 amide bonds. The molecule has 0 atom stereocenters. The SMILES string of the molecule is O=C(NCC(=O)N1CCOCC1)c1ccccc1I. The van der Waals surface area contributed by atoms with Crippen LogP contribution in [0.2, 0.25) is 0 Å². The third-order valence-corrected chi connectivity index (χ3v) is 3.82. The van der Waals surface area contributed by atoms with Gasteiger partial charge in [-0.2, -0.15) is 0 Å². The zero-order valence-electron chi connectivity index (χ0n) is 10.4. The van der Waals surface area contributed by atoms with Crippen molar-refractivity contribution in [3.05, 3.63) is 33.4 Å². The van der Waals surface area contributed by atoms with E-state index in [1.54, 1.807) is 17.0 Å². The van der Waals surface area contributed by atoms with Crippen molar-refractivity contribution >= 4 is 34.4 Å². The van der Waals surface area contributed by atoms with Crippen LogP contribution in [-0.4, -0.2) is 49.6 Å². The average molecular weight is 374 g/mol. The molecule has 1 aromatic rings. The monoisotopic (exact) mass is 374 g/mol. The van der Waals surface area contributed by atoms with Crippen molar-refractivity contribution in [2.24, 2.45) is 0 Å². The van der Waals surface area contributed by atoms with Gasteiger partial charge in [-0.05, 0) is 34.7 Å². The molecule has 1 aliphatic heterocycles. The summed E-state index contributed by atoms with van der Waals surface area (Å²) >= 11 is 2.10. The molecule has 1 N–H and O–H groups in total. The summed E-state index contributed by atoms with van der Waals surface area (Å²) in [5.74, 6) is -0.283. The fourth-order valence-corrected chi connectivity index (χ4v) is 2.45. The number of benzene rings is 1. The van der Waals surface area contributed by atoms with Crippen LogP contribution < -0.4 is 5.32 Å². The third-order valence-electron chi connectivity index (χ3n) is 2.88. The second-order valence-electron chi connectivity index (χ2n) is 4.16. The van der Waals surface area contributed by atoms with Crippen LogP contribution in [0.4, 0.5) is 0 Å². The largest absolute Gasteiger partial charge is 0.378 e. The Morgan fingerprint density at radius 3 is 2.63 bits per heavy atom. The van der Waals surface area contributed by atoms with Gasteiger partial charge < -0.3 is 15.0 Å². The Labute approximate surface area is 125 Å². The van der Waals surface area contributed by atoms with Crippen LogP contribution in [0.5, 0.6) is 0 Å². The van der Waals surface area contributed by atoms with Gasteiger partial charge in [-0.3, -0.25) is 9.59 Å². The maximum absolute atomic E-state index is 11.9. The number of halogens is 1. The van der Waals surface area contributed by atoms with E-state index in [0.717, 1.165) is 3.57 Å². The lowest BCUT2D eigenvalue weighted by Gasteiger charge is -2.26. The molecule has 2 rings (SSSR count). The van der Waals surface area contributed by atoms with Gasteiger partial charge in [0.25, 0.3) is 5.91 Å². The number of carbonyl (C=O) groups excluding carboxylic acids is 2. The lowest BCUT2D eigenvalue weighted by atomic mass is 10.2. The number of hydrogen-bond donors (Lipinski definition) is 1. The van der Waals surface area contributed by atoms with E-state index in [1.165, 1.54) is 0 Å². The molecular formula is C13H15IN2O3. The zero-order chi connectivity index (χ0) is 13.7. The highest BCUT2D eigenvalue weighted by Gasteiger charge is 2.18. The topological polar surface area (TPSA) is 58.6 Å². The van der Waals surface area contributed by atoms with Gasteiger partial charge in [0, 0.05) is 16.7 Å². The van der Waals surface area contributed by atoms with E-state index in [4.69, 9.17) is 4.74 Å². The summed E-state index contributed by atoms with van der Waals surface area (Å²) in [6, 6.07) is 7.29. The van der Waals surface area contributed by atoms with E-state index in [0.29, 0.717) is 31.9 Å². The molecule has 1 aromatic carbocycles. The van der Waals surface area contributed by atoms with Crippen molar-refractivity contribution in [2.75, 3.05) is 32.8 Å². The van der Waals surface area contributed by atoms with E-state index < -0.39 is 0 Å². The molecule has 19 heavy (non-hydrogen) atoms. The molecule has 0 spiro atoms. The van der Waals surface area contributed by atoms with Crippen LogP contribution in [0.1, 0.15) is 10.4 Å². The van der Waals surface area contributed by atoms with Crippen LogP contribution in [0.25, 0.3) is 0 Å². The van der Waals surface area contributed by atoms with Crippen molar-refractivity contribution < 1.29 is 14.3 Å². The molecule has 0 aromatic heterocycles. The Morgan fingerprint density at radius 2 is 1.95 bits per heavy atom. The average Bonchev–Trinajstić information content (AvgIpc) is 2.46. The highest BCUT2D eigenvalue weighted by Crippen LogP contribution is 2.10. The molecule has 1 heterocycles. The molecule has 1 saturated heterocycles. The Balaban J connectivity index is 1.86. The number of rotatable bonds is 3. The number of carbonyl (C=O) groups is 2. The van der Waals surface area contributed by atoms with Gasteiger partial charge in [-0.25, -0.2) is 0 Å². The van der Waals surface area contributed by atoms with Gasteiger partial charge in [-0.15, -0.1) is 0 Å². The highest BCUT2D eigenvalue weighted by atomic mass is 127. The molecule has 1 fully saturated rings. The summed E-state index contributed by atoms with van der Waals surface area (Å²) in [4.78, 5) is 25.5. The van der Waals surface area contributed by atoms with E-state index in [2.05, 4.69) is 27.9 Å². The van der Waals surface area contributed by atoms with Crippen molar-refractivity contribution in [3.8, 4) is 0 Å². The van der Waals surface area contributed by atoms with E-state index >= 15 is 0 Å². The molecular weight excluding hydrogens is 359 g/mol. The summed E-state index contributed by atoms with van der Waals surface area (Å²) in [5.41, 5.74) is 0.595. The van der Waals surface area contributed by atoms with Gasteiger partial charge in [0.2, 0.25) is 5.91 Å². The lowest BCUT2D eigenvalue weighted by molar-refractivity contribution is -0.134. The molecule has 1 aliphatic rings. The zero-order valence-corrected chi connectivity index (χ0v) is 12.6. The molecule has 0 bridgehead atoms. The van der Waals surface area contributed by atoms with Gasteiger partial charge >= 0.3 is 0 Å². The molecule has 5 nitrogen and oxygen atoms in total. The van der Waals surface area contributed by atoms with Crippen molar-refractivity contribution in [1.82, 2.24) is 10.2 Å². The van der Waals surface area contributed by atoms with Gasteiger partial charge in [-0.1, -0.05) is 12.1 Å². The minimum absolute atomic E-state index is 0.0316. The maximum atomic E-state index is 11.9. The molecule has 0 saturated carbocycles. The Hall–Kier alpha value is -1.15.